The van der Waals surface area contributed by atoms with Gasteiger partial charge >= 0.3 is 5.97 Å². The van der Waals surface area contributed by atoms with E-state index in [4.69, 9.17) is 9.72 Å². The van der Waals surface area contributed by atoms with Crippen molar-refractivity contribution in [2.24, 2.45) is 4.99 Å². The topological polar surface area (TPSA) is 95.0 Å². The standard InChI is InChI=1S/C32H30N4O4/c1-2-40-32(39)26-20-25-29(33-27-17-8-9-18-35(27)31(25)38)36(23-14-4-3-5-15-23)30(26)34-28(37)19-22-13-10-12-21-11-6-7-16-24(21)22/h6-13,16-18,20,23H,2-5,14-15,19H2,1H3. The van der Waals surface area contributed by atoms with Crippen LogP contribution in [-0.2, 0) is 16.0 Å². The van der Waals surface area contributed by atoms with E-state index in [1.54, 1.807) is 25.3 Å². The molecule has 3 aromatic heterocycles. The molecule has 1 aliphatic carbocycles. The summed E-state index contributed by atoms with van der Waals surface area (Å²) in [4.78, 5) is 49.9. The van der Waals surface area contributed by atoms with Crippen molar-refractivity contribution >= 4 is 39.3 Å². The van der Waals surface area contributed by atoms with Crippen molar-refractivity contribution in [3.8, 4) is 0 Å². The van der Waals surface area contributed by atoms with Crippen LogP contribution < -0.4 is 11.0 Å². The average Bonchev–Trinajstić information content (AvgIpc) is 2.98. The number of esters is 1. The predicted octanol–water partition coefficient (Wildman–Crippen LogP) is 5.15. The number of aromatic nitrogens is 3. The summed E-state index contributed by atoms with van der Waals surface area (Å²) >= 11 is 0. The predicted molar refractivity (Wildman–Crippen MR) is 153 cm³/mol. The van der Waals surface area contributed by atoms with Gasteiger partial charge in [0.2, 0.25) is 0 Å². The van der Waals surface area contributed by atoms with E-state index in [1.807, 2.05) is 53.1 Å². The second-order valence-corrected chi connectivity index (χ2v) is 10.2. The Balaban J connectivity index is 1.62. The van der Waals surface area contributed by atoms with Crippen LogP contribution in [0.5, 0.6) is 0 Å². The Bertz CT molecular complexity index is 1890. The lowest BCUT2D eigenvalue weighted by Crippen LogP contribution is -2.35. The smallest absolute Gasteiger partial charge is 0.341 e. The summed E-state index contributed by atoms with van der Waals surface area (Å²) in [5.41, 5.74) is 1.78. The Morgan fingerprint density at radius 2 is 1.75 bits per heavy atom. The molecule has 1 aliphatic rings. The van der Waals surface area contributed by atoms with Gasteiger partial charge in [-0.05, 0) is 54.3 Å². The fourth-order valence-electron chi connectivity index (χ4n) is 5.77. The van der Waals surface area contributed by atoms with Crippen LogP contribution in [0.1, 0.15) is 61.0 Å². The number of ether oxygens (including phenoxy) is 1. The molecular weight excluding hydrogens is 504 g/mol. The van der Waals surface area contributed by atoms with Crippen molar-refractivity contribution in [1.29, 1.82) is 0 Å². The molecule has 1 amide bonds. The van der Waals surface area contributed by atoms with Crippen molar-refractivity contribution in [2.75, 3.05) is 6.61 Å². The lowest BCUT2D eigenvalue weighted by molar-refractivity contribution is -0.117. The molecule has 5 aromatic rings. The number of hydrogen-bond acceptors (Lipinski definition) is 5. The maximum Gasteiger partial charge on any atom is 0.341 e. The molecule has 0 radical (unpaired) electrons. The highest BCUT2D eigenvalue weighted by Gasteiger charge is 2.25. The van der Waals surface area contributed by atoms with E-state index in [1.165, 1.54) is 10.5 Å². The zero-order chi connectivity index (χ0) is 27.6. The molecule has 0 bridgehead atoms. The van der Waals surface area contributed by atoms with Gasteiger partial charge in [0.15, 0.2) is 5.49 Å². The Labute approximate surface area is 230 Å². The zero-order valence-corrected chi connectivity index (χ0v) is 22.4. The van der Waals surface area contributed by atoms with Crippen molar-refractivity contribution in [3.63, 3.8) is 0 Å². The van der Waals surface area contributed by atoms with Crippen LogP contribution in [0.4, 0.5) is 0 Å². The van der Waals surface area contributed by atoms with Gasteiger partial charge in [-0.3, -0.25) is 14.0 Å². The molecule has 0 N–H and O–H groups in total. The van der Waals surface area contributed by atoms with Crippen LogP contribution in [0.25, 0.3) is 27.5 Å². The van der Waals surface area contributed by atoms with E-state index in [-0.39, 0.29) is 47.0 Å². The number of fused-ring (bicyclic) bond motifs is 3. The third kappa shape index (κ3) is 4.70. The maximum absolute atomic E-state index is 13.6. The summed E-state index contributed by atoms with van der Waals surface area (Å²) in [5, 5.41) is 2.32. The van der Waals surface area contributed by atoms with Gasteiger partial charge < -0.3 is 9.30 Å². The number of hydrogen-bond donors (Lipinski definition) is 0. The van der Waals surface area contributed by atoms with Crippen LogP contribution in [0.15, 0.2) is 82.7 Å². The molecule has 3 heterocycles. The summed E-state index contributed by atoms with van der Waals surface area (Å²) in [6.07, 6.45) is 6.50. The van der Waals surface area contributed by atoms with Gasteiger partial charge in [-0.15, -0.1) is 0 Å². The van der Waals surface area contributed by atoms with E-state index in [2.05, 4.69) is 4.99 Å². The minimum absolute atomic E-state index is 0.0622. The number of carbonyl (C=O) groups excluding carboxylic acids is 2. The minimum atomic E-state index is -0.622. The molecule has 2 aromatic carbocycles. The Morgan fingerprint density at radius 3 is 2.58 bits per heavy atom. The molecule has 202 valence electrons. The third-order valence-corrected chi connectivity index (χ3v) is 7.62. The molecule has 1 fully saturated rings. The van der Waals surface area contributed by atoms with E-state index in [9.17, 15) is 14.4 Å². The highest BCUT2D eigenvalue weighted by atomic mass is 16.5. The van der Waals surface area contributed by atoms with Crippen LogP contribution in [0.3, 0.4) is 0 Å². The van der Waals surface area contributed by atoms with Gasteiger partial charge in [-0.25, -0.2) is 9.78 Å². The lowest BCUT2D eigenvalue weighted by Gasteiger charge is -2.27. The first-order chi connectivity index (χ1) is 19.5. The number of rotatable bonds is 5. The monoisotopic (exact) mass is 534 g/mol. The third-order valence-electron chi connectivity index (χ3n) is 7.62. The molecule has 0 spiro atoms. The van der Waals surface area contributed by atoms with E-state index in [0.717, 1.165) is 48.4 Å². The van der Waals surface area contributed by atoms with Gasteiger partial charge in [0, 0.05) is 12.2 Å². The summed E-state index contributed by atoms with van der Waals surface area (Å²) in [7, 11) is 0. The minimum Gasteiger partial charge on any atom is -0.462 e. The fraction of sp³-hybridized carbons (Fsp3) is 0.281. The fourth-order valence-corrected chi connectivity index (χ4v) is 5.77. The number of carbonyl (C=O) groups is 2. The number of amides is 1. The lowest BCUT2D eigenvalue weighted by atomic mass is 9.94. The van der Waals surface area contributed by atoms with Gasteiger partial charge in [-0.2, -0.15) is 4.99 Å². The Kier molecular flexibility index (Phi) is 6.99. The van der Waals surface area contributed by atoms with E-state index < -0.39 is 5.97 Å². The first-order valence-corrected chi connectivity index (χ1v) is 13.8. The van der Waals surface area contributed by atoms with Gasteiger partial charge in [0.1, 0.15) is 16.9 Å². The molecule has 1 saturated carbocycles. The molecule has 0 saturated heterocycles. The molecule has 6 rings (SSSR count). The van der Waals surface area contributed by atoms with Gasteiger partial charge in [0.25, 0.3) is 11.5 Å². The number of benzene rings is 2. The zero-order valence-electron chi connectivity index (χ0n) is 22.4. The summed E-state index contributed by atoms with van der Waals surface area (Å²) in [5.74, 6) is -1.01. The molecule has 0 aliphatic heterocycles. The van der Waals surface area contributed by atoms with Gasteiger partial charge in [-0.1, -0.05) is 67.8 Å². The number of pyridine rings is 2. The molecular formula is C32H30N4O4. The SMILES string of the molecule is CCOC(=O)c1cc2c(=O)n3ccccc3nc2n(C2CCCCC2)c1=NC(=O)Cc1cccc2ccccc12. The van der Waals surface area contributed by atoms with E-state index >= 15 is 0 Å². The maximum atomic E-state index is 13.6. The molecule has 0 unspecified atom stereocenters. The van der Waals surface area contributed by atoms with Crippen molar-refractivity contribution < 1.29 is 14.3 Å². The quantitative estimate of drug-likeness (QED) is 0.229. The molecule has 8 nitrogen and oxygen atoms in total. The van der Waals surface area contributed by atoms with Crippen molar-refractivity contribution in [3.05, 3.63) is 99.9 Å². The van der Waals surface area contributed by atoms with Crippen LogP contribution >= 0.6 is 0 Å². The van der Waals surface area contributed by atoms with E-state index in [0.29, 0.717) is 11.3 Å². The second-order valence-electron chi connectivity index (χ2n) is 10.2. The molecule has 40 heavy (non-hydrogen) atoms. The normalized spacial score (nSPS) is 14.7. The first-order valence-electron chi connectivity index (χ1n) is 13.8. The molecule has 0 atom stereocenters. The van der Waals surface area contributed by atoms with Gasteiger partial charge in [0.05, 0.1) is 18.4 Å². The Morgan fingerprint density at radius 1 is 0.975 bits per heavy atom. The average molecular weight is 535 g/mol. The van der Waals surface area contributed by atoms with Crippen molar-refractivity contribution in [1.82, 2.24) is 14.0 Å². The molecule has 8 heteroatoms. The number of nitrogens with zero attached hydrogens (tertiary/aromatic N) is 4. The van der Waals surface area contributed by atoms with Crippen molar-refractivity contribution in [2.45, 2.75) is 51.5 Å². The largest absolute Gasteiger partial charge is 0.462 e. The van der Waals surface area contributed by atoms with Crippen LogP contribution in [0.2, 0.25) is 0 Å². The van der Waals surface area contributed by atoms with Crippen LogP contribution in [-0.4, -0.2) is 32.4 Å². The first kappa shape index (κ1) is 25.7. The summed E-state index contributed by atoms with van der Waals surface area (Å²) in [6.45, 7) is 1.87. The summed E-state index contributed by atoms with van der Waals surface area (Å²) in [6, 6.07) is 20.6. The summed E-state index contributed by atoms with van der Waals surface area (Å²) < 4.78 is 8.71. The highest BCUT2D eigenvalue weighted by Crippen LogP contribution is 2.29. The second kappa shape index (κ2) is 10.9. The highest BCUT2D eigenvalue weighted by molar-refractivity contribution is 5.94. The van der Waals surface area contributed by atoms with Crippen LogP contribution in [0, 0.1) is 0 Å². The Hall–Kier alpha value is -4.59.